The van der Waals surface area contributed by atoms with Gasteiger partial charge >= 0.3 is 0 Å². The summed E-state index contributed by atoms with van der Waals surface area (Å²) < 4.78 is 26.0. The van der Waals surface area contributed by atoms with E-state index >= 15 is 0 Å². The van der Waals surface area contributed by atoms with Crippen LogP contribution in [-0.4, -0.2) is 48.1 Å². The molecule has 0 radical (unpaired) electrons. The SMILES string of the molecule is COc1cc(-c2onc(N(C)C)c2C(=O)NC(C)Cn2cccn2)ccc1F. The first kappa shape index (κ1) is 19.4. The maximum absolute atomic E-state index is 13.8. The van der Waals surface area contributed by atoms with E-state index in [1.54, 1.807) is 29.9 Å². The Labute approximate surface area is 161 Å². The van der Waals surface area contributed by atoms with E-state index in [0.29, 0.717) is 17.9 Å². The lowest BCUT2D eigenvalue weighted by atomic mass is 10.1. The fourth-order valence-corrected chi connectivity index (χ4v) is 2.82. The first-order valence-corrected chi connectivity index (χ1v) is 8.70. The summed E-state index contributed by atoms with van der Waals surface area (Å²) in [6.45, 7) is 2.39. The summed E-state index contributed by atoms with van der Waals surface area (Å²) >= 11 is 0. The molecule has 1 N–H and O–H groups in total. The molecule has 1 unspecified atom stereocenters. The summed E-state index contributed by atoms with van der Waals surface area (Å²) in [5.74, 6) is -0.174. The average Bonchev–Trinajstić information content (AvgIpc) is 3.31. The lowest BCUT2D eigenvalue weighted by Crippen LogP contribution is -2.36. The summed E-state index contributed by atoms with van der Waals surface area (Å²) in [6.07, 6.45) is 3.50. The van der Waals surface area contributed by atoms with E-state index in [2.05, 4.69) is 15.6 Å². The minimum atomic E-state index is -0.502. The van der Waals surface area contributed by atoms with Gasteiger partial charge in [-0.2, -0.15) is 5.10 Å². The number of rotatable bonds is 7. The number of benzene rings is 1. The van der Waals surface area contributed by atoms with Crippen LogP contribution in [0.25, 0.3) is 11.3 Å². The van der Waals surface area contributed by atoms with Crippen molar-refractivity contribution in [3.05, 3.63) is 48.0 Å². The van der Waals surface area contributed by atoms with Crippen LogP contribution in [0.4, 0.5) is 10.2 Å². The lowest BCUT2D eigenvalue weighted by Gasteiger charge is -2.16. The fourth-order valence-electron chi connectivity index (χ4n) is 2.82. The molecule has 1 aromatic carbocycles. The minimum absolute atomic E-state index is 0.0544. The second-order valence-electron chi connectivity index (χ2n) is 6.56. The maximum atomic E-state index is 13.8. The molecular formula is C19H22FN5O3. The molecule has 1 amide bonds. The maximum Gasteiger partial charge on any atom is 0.259 e. The molecule has 0 saturated carbocycles. The molecule has 0 spiro atoms. The van der Waals surface area contributed by atoms with Crippen LogP contribution in [0, 0.1) is 5.82 Å². The van der Waals surface area contributed by atoms with Crippen molar-refractivity contribution in [1.29, 1.82) is 0 Å². The second kappa shape index (κ2) is 8.12. The second-order valence-corrected chi connectivity index (χ2v) is 6.56. The number of ether oxygens (including phenoxy) is 1. The lowest BCUT2D eigenvalue weighted by molar-refractivity contribution is 0.0936. The molecule has 28 heavy (non-hydrogen) atoms. The molecule has 3 aromatic rings. The molecule has 2 aromatic heterocycles. The number of amides is 1. The summed E-state index contributed by atoms with van der Waals surface area (Å²) in [7, 11) is 4.89. The highest BCUT2D eigenvalue weighted by molar-refractivity contribution is 6.04. The summed E-state index contributed by atoms with van der Waals surface area (Å²) in [6, 6.07) is 5.88. The van der Waals surface area contributed by atoms with Crippen molar-refractivity contribution in [2.45, 2.75) is 19.5 Å². The number of aromatic nitrogens is 3. The van der Waals surface area contributed by atoms with Crippen molar-refractivity contribution >= 4 is 11.7 Å². The quantitative estimate of drug-likeness (QED) is 0.671. The van der Waals surface area contributed by atoms with Gasteiger partial charge in [0.1, 0.15) is 5.56 Å². The highest BCUT2D eigenvalue weighted by atomic mass is 19.1. The van der Waals surface area contributed by atoms with Gasteiger partial charge in [-0.1, -0.05) is 5.16 Å². The van der Waals surface area contributed by atoms with Crippen molar-refractivity contribution in [1.82, 2.24) is 20.3 Å². The number of carbonyl (C=O) groups excluding carboxylic acids is 1. The number of nitrogens with one attached hydrogen (secondary N) is 1. The van der Waals surface area contributed by atoms with Crippen LogP contribution < -0.4 is 15.0 Å². The number of nitrogens with zero attached hydrogens (tertiary/aromatic N) is 4. The van der Waals surface area contributed by atoms with Gasteiger partial charge < -0.3 is 19.5 Å². The predicted molar refractivity (Wildman–Crippen MR) is 102 cm³/mol. The van der Waals surface area contributed by atoms with E-state index < -0.39 is 5.82 Å². The van der Waals surface area contributed by atoms with Gasteiger partial charge in [-0.15, -0.1) is 0 Å². The zero-order valence-electron chi connectivity index (χ0n) is 16.1. The Balaban J connectivity index is 1.92. The van der Waals surface area contributed by atoms with Crippen LogP contribution >= 0.6 is 0 Å². The van der Waals surface area contributed by atoms with Crippen molar-refractivity contribution in [2.75, 3.05) is 26.1 Å². The zero-order chi connectivity index (χ0) is 20.3. The standard InChI is InChI=1S/C19H22FN5O3/c1-12(11-25-9-5-8-21-25)22-19(26)16-17(28-23-18(16)24(2)3)13-6-7-14(20)15(10-13)27-4/h5-10,12H,11H2,1-4H3,(H,22,26). The van der Waals surface area contributed by atoms with E-state index in [1.807, 2.05) is 19.2 Å². The van der Waals surface area contributed by atoms with Gasteiger partial charge in [0.05, 0.1) is 13.7 Å². The van der Waals surface area contributed by atoms with Gasteiger partial charge in [0.25, 0.3) is 5.91 Å². The molecular weight excluding hydrogens is 365 g/mol. The molecule has 0 aliphatic heterocycles. The van der Waals surface area contributed by atoms with Crippen LogP contribution in [0.5, 0.6) is 5.75 Å². The Morgan fingerprint density at radius 3 is 2.86 bits per heavy atom. The normalized spacial score (nSPS) is 11.9. The monoisotopic (exact) mass is 387 g/mol. The number of methoxy groups -OCH3 is 1. The Morgan fingerprint density at radius 2 is 2.21 bits per heavy atom. The van der Waals surface area contributed by atoms with Crippen LogP contribution in [0.15, 0.2) is 41.2 Å². The first-order chi connectivity index (χ1) is 13.4. The van der Waals surface area contributed by atoms with Gasteiger partial charge in [0.15, 0.2) is 23.1 Å². The van der Waals surface area contributed by atoms with E-state index in [-0.39, 0.29) is 29.0 Å². The Morgan fingerprint density at radius 1 is 1.43 bits per heavy atom. The molecule has 8 nitrogen and oxygen atoms in total. The number of anilines is 1. The van der Waals surface area contributed by atoms with Crippen molar-refractivity contribution in [2.24, 2.45) is 0 Å². The van der Waals surface area contributed by atoms with E-state index in [1.165, 1.54) is 25.3 Å². The summed E-state index contributed by atoms with van der Waals surface area (Å²) in [4.78, 5) is 14.7. The molecule has 0 aliphatic rings. The summed E-state index contributed by atoms with van der Waals surface area (Å²) in [5, 5.41) is 11.1. The number of halogens is 1. The van der Waals surface area contributed by atoms with Gasteiger partial charge in [-0.05, 0) is 31.2 Å². The molecule has 9 heteroatoms. The van der Waals surface area contributed by atoms with Gasteiger partial charge in [-0.3, -0.25) is 9.48 Å². The molecule has 148 valence electrons. The van der Waals surface area contributed by atoms with E-state index in [0.717, 1.165) is 0 Å². The Bertz CT molecular complexity index is 953. The van der Waals surface area contributed by atoms with Crippen LogP contribution in [0.3, 0.4) is 0 Å². The van der Waals surface area contributed by atoms with Crippen molar-refractivity contribution in [3.8, 4) is 17.1 Å². The van der Waals surface area contributed by atoms with Crippen LogP contribution in [-0.2, 0) is 6.54 Å². The smallest absolute Gasteiger partial charge is 0.259 e. The molecule has 1 atom stereocenters. The summed E-state index contributed by atoms with van der Waals surface area (Å²) in [5.41, 5.74) is 0.759. The number of hydrogen-bond donors (Lipinski definition) is 1. The van der Waals surface area contributed by atoms with Crippen LogP contribution in [0.2, 0.25) is 0 Å². The topological polar surface area (TPSA) is 85.4 Å². The molecule has 0 bridgehead atoms. The predicted octanol–water partition coefficient (Wildman–Crippen LogP) is 2.57. The van der Waals surface area contributed by atoms with Crippen molar-refractivity contribution in [3.63, 3.8) is 0 Å². The number of carbonyl (C=O) groups is 1. The molecule has 3 rings (SSSR count). The highest BCUT2D eigenvalue weighted by Crippen LogP contribution is 2.33. The van der Waals surface area contributed by atoms with Crippen LogP contribution in [0.1, 0.15) is 17.3 Å². The zero-order valence-corrected chi connectivity index (χ0v) is 16.1. The third kappa shape index (κ3) is 3.98. The largest absolute Gasteiger partial charge is 0.494 e. The Kier molecular flexibility index (Phi) is 5.62. The fraction of sp³-hybridized carbons (Fsp3) is 0.316. The minimum Gasteiger partial charge on any atom is -0.494 e. The highest BCUT2D eigenvalue weighted by Gasteiger charge is 2.27. The molecule has 0 saturated heterocycles. The van der Waals surface area contributed by atoms with Gasteiger partial charge in [-0.25, -0.2) is 4.39 Å². The van der Waals surface area contributed by atoms with E-state index in [9.17, 15) is 9.18 Å². The third-order valence-electron chi connectivity index (χ3n) is 4.14. The van der Waals surface area contributed by atoms with Gasteiger partial charge in [0.2, 0.25) is 0 Å². The first-order valence-electron chi connectivity index (χ1n) is 8.70. The average molecular weight is 387 g/mol. The third-order valence-corrected chi connectivity index (χ3v) is 4.14. The van der Waals surface area contributed by atoms with Crippen molar-refractivity contribution < 1.29 is 18.4 Å². The molecule has 0 fully saturated rings. The van der Waals surface area contributed by atoms with Gasteiger partial charge in [0, 0.05) is 38.1 Å². The molecule has 2 heterocycles. The molecule has 0 aliphatic carbocycles. The number of hydrogen-bond acceptors (Lipinski definition) is 6. The Hall–Kier alpha value is -3.36. The van der Waals surface area contributed by atoms with E-state index in [4.69, 9.17) is 9.26 Å².